The number of hydrogen-bond acceptors (Lipinski definition) is 2. The summed E-state index contributed by atoms with van der Waals surface area (Å²) in [5, 5.41) is 11.2. The molecule has 1 aromatic carbocycles. The van der Waals surface area contributed by atoms with Crippen LogP contribution in [0.3, 0.4) is 0 Å². The van der Waals surface area contributed by atoms with Crippen molar-refractivity contribution in [1.29, 1.82) is 0 Å². The Morgan fingerprint density at radius 2 is 2.13 bits per heavy atom. The van der Waals surface area contributed by atoms with Crippen LogP contribution in [0.5, 0.6) is 0 Å². The van der Waals surface area contributed by atoms with Gasteiger partial charge in [-0.05, 0) is 41.9 Å². The molecule has 0 radical (unpaired) electrons. The van der Waals surface area contributed by atoms with Crippen molar-refractivity contribution in [3.63, 3.8) is 0 Å². The number of aliphatic hydroxyl groups is 1. The number of rotatable bonds is 2. The molecular weight excluding hydrogens is 251 g/mol. The average Bonchev–Trinajstić information content (AvgIpc) is 2.58. The molecule has 1 fully saturated rings. The summed E-state index contributed by atoms with van der Waals surface area (Å²) in [7, 11) is 0. The molecule has 0 bridgehead atoms. The van der Waals surface area contributed by atoms with Gasteiger partial charge in [-0.1, -0.05) is 23.2 Å². The molecule has 2 unspecified atom stereocenters. The molecule has 0 aliphatic carbocycles. The van der Waals surface area contributed by atoms with Crippen LogP contribution in [-0.4, -0.2) is 22.7 Å². The molecule has 1 saturated heterocycles. The minimum atomic E-state index is -0.204. The van der Waals surface area contributed by atoms with Gasteiger partial charge in [-0.25, -0.2) is 0 Å². The molecule has 0 spiro atoms. The van der Waals surface area contributed by atoms with Gasteiger partial charge in [0.2, 0.25) is 0 Å². The molecule has 82 valence electrons. The third kappa shape index (κ3) is 2.82. The largest absolute Gasteiger partial charge is 0.392 e. The van der Waals surface area contributed by atoms with E-state index in [0.717, 1.165) is 28.5 Å². The zero-order chi connectivity index (χ0) is 10.8. The highest BCUT2D eigenvalue weighted by Crippen LogP contribution is 2.30. The fourth-order valence-corrected chi connectivity index (χ4v) is 3.45. The maximum Gasteiger partial charge on any atom is 0.0669 e. The van der Waals surface area contributed by atoms with E-state index in [1.54, 1.807) is 17.8 Å². The van der Waals surface area contributed by atoms with Crippen molar-refractivity contribution >= 4 is 35.0 Å². The molecule has 0 amide bonds. The third-order valence-electron chi connectivity index (χ3n) is 2.65. The Balaban J connectivity index is 2.12. The molecule has 15 heavy (non-hydrogen) atoms. The lowest BCUT2D eigenvalue weighted by Gasteiger charge is -2.14. The predicted octanol–water partition coefficient (Wildman–Crippen LogP) is 3.26. The molecule has 1 aromatic rings. The molecule has 1 heterocycles. The fraction of sp³-hybridized carbons (Fsp3) is 0.455. The maximum atomic E-state index is 9.71. The van der Waals surface area contributed by atoms with E-state index in [0.29, 0.717) is 10.9 Å². The zero-order valence-electron chi connectivity index (χ0n) is 8.12. The van der Waals surface area contributed by atoms with Gasteiger partial charge < -0.3 is 5.11 Å². The second kappa shape index (κ2) is 4.96. The van der Waals surface area contributed by atoms with Crippen molar-refractivity contribution in [2.45, 2.75) is 12.5 Å². The summed E-state index contributed by atoms with van der Waals surface area (Å²) in [4.78, 5) is 0. The monoisotopic (exact) mass is 262 g/mol. The number of thioether (sulfide) groups is 1. The van der Waals surface area contributed by atoms with Crippen LogP contribution in [0.15, 0.2) is 18.2 Å². The smallest absolute Gasteiger partial charge is 0.0669 e. The second-order valence-corrected chi connectivity index (χ2v) is 5.72. The summed E-state index contributed by atoms with van der Waals surface area (Å²) in [5.74, 6) is 2.15. The van der Waals surface area contributed by atoms with Gasteiger partial charge in [0.05, 0.1) is 6.10 Å². The van der Waals surface area contributed by atoms with Gasteiger partial charge >= 0.3 is 0 Å². The Bertz CT molecular complexity index is 356. The average molecular weight is 263 g/mol. The van der Waals surface area contributed by atoms with E-state index in [-0.39, 0.29) is 6.10 Å². The van der Waals surface area contributed by atoms with Crippen LogP contribution in [0.25, 0.3) is 0 Å². The van der Waals surface area contributed by atoms with E-state index in [2.05, 4.69) is 0 Å². The highest BCUT2D eigenvalue weighted by Gasteiger charge is 2.26. The van der Waals surface area contributed by atoms with Crippen LogP contribution in [0, 0.1) is 5.92 Å². The normalized spacial score (nSPS) is 25.8. The van der Waals surface area contributed by atoms with Gasteiger partial charge in [-0.2, -0.15) is 11.8 Å². The van der Waals surface area contributed by atoms with Crippen molar-refractivity contribution < 1.29 is 5.11 Å². The number of benzene rings is 1. The summed E-state index contributed by atoms with van der Waals surface area (Å²) in [6.45, 7) is 0. The first-order chi connectivity index (χ1) is 7.16. The Labute approximate surface area is 104 Å². The summed E-state index contributed by atoms with van der Waals surface area (Å²) >= 11 is 13.8. The highest BCUT2D eigenvalue weighted by atomic mass is 35.5. The quantitative estimate of drug-likeness (QED) is 0.883. The maximum absolute atomic E-state index is 9.71. The first-order valence-corrected chi connectivity index (χ1v) is 6.77. The number of halogens is 2. The Kier molecular flexibility index (Phi) is 3.83. The van der Waals surface area contributed by atoms with Crippen molar-refractivity contribution in [3.05, 3.63) is 33.8 Å². The van der Waals surface area contributed by atoms with Gasteiger partial charge in [-0.15, -0.1) is 0 Å². The first-order valence-electron chi connectivity index (χ1n) is 4.86. The Morgan fingerprint density at radius 3 is 2.80 bits per heavy atom. The molecule has 0 aromatic heterocycles. The molecule has 1 aliphatic heterocycles. The lowest BCUT2D eigenvalue weighted by atomic mass is 9.97. The summed E-state index contributed by atoms with van der Waals surface area (Å²) < 4.78 is 0. The number of aliphatic hydroxyl groups excluding tert-OH is 1. The van der Waals surface area contributed by atoms with E-state index < -0.39 is 0 Å². The van der Waals surface area contributed by atoms with E-state index in [1.165, 1.54) is 0 Å². The molecule has 2 atom stereocenters. The standard InChI is InChI=1S/C11H12Cl2OS/c12-9-1-2-10(13)7(4-9)3-8-5-15-6-11(8)14/h1-2,4,8,11,14H,3,5-6H2. The van der Waals surface area contributed by atoms with Crippen molar-refractivity contribution in [2.75, 3.05) is 11.5 Å². The van der Waals surface area contributed by atoms with E-state index >= 15 is 0 Å². The lowest BCUT2D eigenvalue weighted by molar-refractivity contribution is 0.150. The van der Waals surface area contributed by atoms with E-state index in [1.807, 2.05) is 12.1 Å². The highest BCUT2D eigenvalue weighted by molar-refractivity contribution is 7.99. The Morgan fingerprint density at radius 1 is 1.33 bits per heavy atom. The van der Waals surface area contributed by atoms with Gasteiger partial charge in [0.25, 0.3) is 0 Å². The molecular formula is C11H12Cl2OS. The lowest BCUT2D eigenvalue weighted by Crippen LogP contribution is -2.20. The number of hydrogen-bond donors (Lipinski definition) is 1. The van der Waals surface area contributed by atoms with Crippen molar-refractivity contribution in [3.8, 4) is 0 Å². The Hall–Kier alpha value is 0.110. The van der Waals surface area contributed by atoms with Crippen LogP contribution in [0.1, 0.15) is 5.56 Å². The summed E-state index contributed by atoms with van der Waals surface area (Å²) in [6.07, 6.45) is 0.609. The van der Waals surface area contributed by atoms with Crippen LogP contribution in [0.4, 0.5) is 0 Å². The van der Waals surface area contributed by atoms with Crippen molar-refractivity contribution in [2.24, 2.45) is 5.92 Å². The summed E-state index contributed by atoms with van der Waals surface area (Å²) in [5.41, 5.74) is 1.04. The second-order valence-electron chi connectivity index (χ2n) is 3.80. The first kappa shape index (κ1) is 11.6. The van der Waals surface area contributed by atoms with Gasteiger partial charge in [0, 0.05) is 15.8 Å². The SMILES string of the molecule is OC1CSCC1Cc1cc(Cl)ccc1Cl. The molecule has 1 N–H and O–H groups in total. The molecule has 0 saturated carbocycles. The van der Waals surface area contributed by atoms with Crippen LogP contribution in [0.2, 0.25) is 10.0 Å². The van der Waals surface area contributed by atoms with Crippen LogP contribution < -0.4 is 0 Å². The predicted molar refractivity (Wildman–Crippen MR) is 67.0 cm³/mol. The zero-order valence-corrected chi connectivity index (χ0v) is 10.4. The van der Waals surface area contributed by atoms with Crippen molar-refractivity contribution in [1.82, 2.24) is 0 Å². The van der Waals surface area contributed by atoms with Gasteiger partial charge in [-0.3, -0.25) is 0 Å². The van der Waals surface area contributed by atoms with E-state index in [4.69, 9.17) is 23.2 Å². The minimum absolute atomic E-state index is 0.204. The van der Waals surface area contributed by atoms with Crippen LogP contribution in [-0.2, 0) is 6.42 Å². The van der Waals surface area contributed by atoms with Crippen LogP contribution >= 0.6 is 35.0 Å². The summed E-state index contributed by atoms with van der Waals surface area (Å²) in [6, 6.07) is 5.49. The molecule has 2 rings (SSSR count). The third-order valence-corrected chi connectivity index (χ3v) is 4.50. The van der Waals surface area contributed by atoms with E-state index in [9.17, 15) is 5.11 Å². The van der Waals surface area contributed by atoms with Gasteiger partial charge in [0.15, 0.2) is 0 Å². The minimum Gasteiger partial charge on any atom is -0.392 e. The molecule has 1 aliphatic rings. The molecule has 1 nitrogen and oxygen atoms in total. The topological polar surface area (TPSA) is 20.2 Å². The fourth-order valence-electron chi connectivity index (χ4n) is 1.76. The van der Waals surface area contributed by atoms with Gasteiger partial charge in [0.1, 0.15) is 0 Å². The molecule has 4 heteroatoms.